The highest BCUT2D eigenvalue weighted by atomic mass is 16.5. The van der Waals surface area contributed by atoms with E-state index in [4.69, 9.17) is 4.74 Å². The molecule has 1 fully saturated rings. The molecule has 1 aromatic heterocycles. The van der Waals surface area contributed by atoms with Crippen LogP contribution in [-0.4, -0.2) is 41.3 Å². The Hall–Kier alpha value is -4.23. The Morgan fingerprint density at radius 2 is 1.47 bits per heavy atom. The Balaban J connectivity index is 1.62. The van der Waals surface area contributed by atoms with Gasteiger partial charge in [-0.2, -0.15) is 0 Å². The number of hydrogen-bond acceptors (Lipinski definition) is 7. The zero-order valence-electron chi connectivity index (χ0n) is 18.8. The van der Waals surface area contributed by atoms with E-state index >= 15 is 0 Å². The molecule has 170 valence electrons. The molecule has 1 aliphatic heterocycles. The molecule has 0 unspecified atom stereocenters. The lowest BCUT2D eigenvalue weighted by Gasteiger charge is -2.33. The van der Waals surface area contributed by atoms with Crippen molar-refractivity contribution in [2.45, 2.75) is 0 Å². The molecule has 0 atom stereocenters. The highest BCUT2D eigenvalue weighted by molar-refractivity contribution is 5.94. The molecule has 0 amide bonds. The molecule has 0 saturated carbocycles. The fourth-order valence-electron chi connectivity index (χ4n) is 3.94. The first-order valence-electron chi connectivity index (χ1n) is 11.3. The van der Waals surface area contributed by atoms with Gasteiger partial charge in [0.2, 0.25) is 5.95 Å². The standard InChI is InChI=1S/C27H26N6O/c1-3-7-21(8-4-1)11-12-22-13-14-24(31-23-9-5-2-6-10-23)25(32-27-29-19-28-20-30-27)26(22)33-15-17-34-18-16-33/h1-14,19-20,31H,15-18H2,(H,28,29,30,32). The molecule has 2 N–H and O–H groups in total. The second kappa shape index (κ2) is 10.6. The van der Waals surface area contributed by atoms with Crippen LogP contribution in [0.25, 0.3) is 12.2 Å². The van der Waals surface area contributed by atoms with Crippen LogP contribution in [0, 0.1) is 0 Å². The molecule has 2 heterocycles. The fourth-order valence-corrected chi connectivity index (χ4v) is 3.94. The predicted molar refractivity (Wildman–Crippen MR) is 138 cm³/mol. The average molecular weight is 451 g/mol. The zero-order chi connectivity index (χ0) is 23.0. The maximum atomic E-state index is 5.65. The molecular weight excluding hydrogens is 424 g/mol. The predicted octanol–water partition coefficient (Wildman–Crippen LogP) is 5.37. The molecule has 0 spiro atoms. The largest absolute Gasteiger partial charge is 0.378 e. The van der Waals surface area contributed by atoms with E-state index in [1.54, 1.807) is 0 Å². The number of ether oxygens (including phenoxy) is 1. The van der Waals surface area contributed by atoms with Crippen LogP contribution >= 0.6 is 0 Å². The SMILES string of the molecule is C(=Cc1ccc(Nc2ccccc2)c(Nc2ncncn2)c1N1CCOCC1)c1ccccc1. The van der Waals surface area contributed by atoms with Gasteiger partial charge in [-0.05, 0) is 23.8 Å². The maximum absolute atomic E-state index is 5.65. The summed E-state index contributed by atoms with van der Waals surface area (Å²) in [5.41, 5.74) is 6.17. The number of para-hydroxylation sites is 1. The summed E-state index contributed by atoms with van der Waals surface area (Å²) in [6, 6.07) is 24.7. The van der Waals surface area contributed by atoms with Crippen LogP contribution in [0.5, 0.6) is 0 Å². The van der Waals surface area contributed by atoms with Gasteiger partial charge in [0.05, 0.1) is 30.3 Å². The summed E-state index contributed by atoms with van der Waals surface area (Å²) < 4.78 is 5.65. The summed E-state index contributed by atoms with van der Waals surface area (Å²) in [5, 5.41) is 7.01. The topological polar surface area (TPSA) is 75.2 Å². The number of nitrogens with one attached hydrogen (secondary N) is 2. The van der Waals surface area contributed by atoms with Gasteiger partial charge in [-0.1, -0.05) is 66.7 Å². The highest BCUT2D eigenvalue weighted by Crippen LogP contribution is 2.40. The van der Waals surface area contributed by atoms with Crippen LogP contribution in [0.1, 0.15) is 11.1 Å². The van der Waals surface area contributed by atoms with Gasteiger partial charge in [-0.25, -0.2) is 15.0 Å². The monoisotopic (exact) mass is 450 g/mol. The van der Waals surface area contributed by atoms with Gasteiger partial charge in [0.15, 0.2) is 0 Å². The number of benzene rings is 3. The summed E-state index contributed by atoms with van der Waals surface area (Å²) in [6.45, 7) is 2.96. The van der Waals surface area contributed by atoms with Crippen molar-refractivity contribution in [2.75, 3.05) is 41.8 Å². The first-order valence-corrected chi connectivity index (χ1v) is 11.3. The molecule has 0 aliphatic carbocycles. The summed E-state index contributed by atoms with van der Waals surface area (Å²) in [7, 11) is 0. The third kappa shape index (κ3) is 5.22. The molecule has 0 radical (unpaired) electrons. The summed E-state index contributed by atoms with van der Waals surface area (Å²) in [5.74, 6) is 0.491. The van der Waals surface area contributed by atoms with Crippen molar-refractivity contribution < 1.29 is 4.74 Å². The molecule has 3 aromatic carbocycles. The van der Waals surface area contributed by atoms with Crippen molar-refractivity contribution in [1.82, 2.24) is 15.0 Å². The molecule has 7 heteroatoms. The van der Waals surface area contributed by atoms with Gasteiger partial charge in [-0.3, -0.25) is 0 Å². The van der Waals surface area contributed by atoms with Crippen molar-refractivity contribution in [3.05, 3.63) is 96.6 Å². The summed E-state index contributed by atoms with van der Waals surface area (Å²) in [6.07, 6.45) is 7.28. The quantitative estimate of drug-likeness (QED) is 0.367. The fraction of sp³-hybridized carbons (Fsp3) is 0.148. The van der Waals surface area contributed by atoms with Crippen LogP contribution in [0.4, 0.5) is 28.7 Å². The molecule has 0 bridgehead atoms. The lowest BCUT2D eigenvalue weighted by Crippen LogP contribution is -2.37. The Bertz CT molecular complexity index is 1230. The van der Waals surface area contributed by atoms with Gasteiger partial charge < -0.3 is 20.3 Å². The van der Waals surface area contributed by atoms with Gasteiger partial charge >= 0.3 is 0 Å². The Labute approximate surface area is 199 Å². The third-order valence-corrected chi connectivity index (χ3v) is 5.57. The first kappa shape index (κ1) is 21.6. The summed E-state index contributed by atoms with van der Waals surface area (Å²) in [4.78, 5) is 14.9. The third-order valence-electron chi connectivity index (χ3n) is 5.57. The van der Waals surface area contributed by atoms with Crippen LogP contribution in [0.2, 0.25) is 0 Å². The number of aromatic nitrogens is 3. The van der Waals surface area contributed by atoms with Crippen molar-refractivity contribution in [3.8, 4) is 0 Å². The molecule has 4 aromatic rings. The van der Waals surface area contributed by atoms with Gasteiger partial charge in [0.25, 0.3) is 0 Å². The second-order valence-electron chi connectivity index (χ2n) is 7.85. The molecule has 1 aliphatic rings. The minimum atomic E-state index is 0.491. The second-order valence-corrected chi connectivity index (χ2v) is 7.85. The van der Waals surface area contributed by atoms with Gasteiger partial charge in [-0.15, -0.1) is 0 Å². The van der Waals surface area contributed by atoms with Crippen molar-refractivity contribution in [3.63, 3.8) is 0 Å². The van der Waals surface area contributed by atoms with E-state index in [1.165, 1.54) is 12.7 Å². The number of rotatable bonds is 7. The Morgan fingerprint density at radius 1 is 0.765 bits per heavy atom. The molecule has 5 rings (SSSR count). The number of anilines is 5. The molecular formula is C27H26N6O. The van der Waals surface area contributed by atoms with Crippen molar-refractivity contribution >= 4 is 40.8 Å². The smallest absolute Gasteiger partial charge is 0.230 e. The van der Waals surface area contributed by atoms with E-state index in [1.807, 2.05) is 48.5 Å². The van der Waals surface area contributed by atoms with E-state index in [0.29, 0.717) is 19.2 Å². The molecule has 34 heavy (non-hydrogen) atoms. The van der Waals surface area contributed by atoms with Gasteiger partial charge in [0, 0.05) is 24.3 Å². The van der Waals surface area contributed by atoms with E-state index in [9.17, 15) is 0 Å². The molecule has 7 nitrogen and oxygen atoms in total. The van der Waals surface area contributed by atoms with E-state index < -0.39 is 0 Å². The van der Waals surface area contributed by atoms with E-state index in [2.05, 4.69) is 66.9 Å². The minimum Gasteiger partial charge on any atom is -0.378 e. The van der Waals surface area contributed by atoms with Crippen LogP contribution in [0.3, 0.4) is 0 Å². The highest BCUT2D eigenvalue weighted by Gasteiger charge is 2.21. The first-order chi connectivity index (χ1) is 16.9. The number of hydrogen-bond donors (Lipinski definition) is 2. The van der Waals surface area contributed by atoms with Crippen LogP contribution in [-0.2, 0) is 4.74 Å². The lowest BCUT2D eigenvalue weighted by molar-refractivity contribution is 0.123. The van der Waals surface area contributed by atoms with Crippen molar-refractivity contribution in [2.24, 2.45) is 0 Å². The van der Waals surface area contributed by atoms with Crippen molar-refractivity contribution in [1.29, 1.82) is 0 Å². The Kier molecular flexibility index (Phi) is 6.73. The average Bonchev–Trinajstić information content (AvgIpc) is 2.91. The lowest BCUT2D eigenvalue weighted by atomic mass is 10.0. The van der Waals surface area contributed by atoms with E-state index in [0.717, 1.165) is 47.0 Å². The van der Waals surface area contributed by atoms with Crippen LogP contribution in [0.15, 0.2) is 85.5 Å². The Morgan fingerprint density at radius 3 is 2.21 bits per heavy atom. The minimum absolute atomic E-state index is 0.491. The molecule has 1 saturated heterocycles. The van der Waals surface area contributed by atoms with Crippen LogP contribution < -0.4 is 15.5 Å². The van der Waals surface area contributed by atoms with E-state index in [-0.39, 0.29) is 0 Å². The summed E-state index contributed by atoms with van der Waals surface area (Å²) >= 11 is 0. The number of morpholine rings is 1. The van der Waals surface area contributed by atoms with Gasteiger partial charge in [0.1, 0.15) is 12.7 Å². The zero-order valence-corrected chi connectivity index (χ0v) is 18.8. The normalized spacial score (nSPS) is 13.7. The number of nitrogens with zero attached hydrogens (tertiary/aromatic N) is 4. The maximum Gasteiger partial charge on any atom is 0.230 e.